The summed E-state index contributed by atoms with van der Waals surface area (Å²) >= 11 is 0. The quantitative estimate of drug-likeness (QED) is 0.243. The average Bonchev–Trinajstić information content (AvgIpc) is 2.83. The van der Waals surface area contributed by atoms with Crippen molar-refractivity contribution in [2.45, 2.75) is 120 Å². The lowest BCUT2D eigenvalue weighted by Crippen LogP contribution is -2.39. The van der Waals surface area contributed by atoms with Gasteiger partial charge in [0.1, 0.15) is 18.2 Å². The van der Waals surface area contributed by atoms with Crippen molar-refractivity contribution in [1.82, 2.24) is 0 Å². The first-order valence-corrected chi connectivity index (χ1v) is 14.0. The van der Waals surface area contributed by atoms with Gasteiger partial charge >= 0.3 is 23.9 Å². The highest BCUT2D eigenvalue weighted by Gasteiger charge is 2.32. The number of nitrogens with two attached hydrogens (primary N) is 1. The van der Waals surface area contributed by atoms with Gasteiger partial charge in [0.05, 0.1) is 17.3 Å². The topological polar surface area (TPSA) is 131 Å². The van der Waals surface area contributed by atoms with E-state index in [0.717, 1.165) is 0 Å². The zero-order chi connectivity index (χ0) is 31.1. The first-order chi connectivity index (χ1) is 18.2. The fraction of sp³-hybridized carbons (Fsp3) is 0.677. The van der Waals surface area contributed by atoms with E-state index in [0.29, 0.717) is 18.4 Å². The Balaban J connectivity index is 3.05. The van der Waals surface area contributed by atoms with E-state index in [1.54, 1.807) is 53.7 Å². The van der Waals surface area contributed by atoms with Crippen molar-refractivity contribution in [3.8, 4) is 11.5 Å². The van der Waals surface area contributed by atoms with Gasteiger partial charge in [-0.2, -0.15) is 0 Å². The molecule has 0 saturated heterocycles. The summed E-state index contributed by atoms with van der Waals surface area (Å²) in [5.41, 5.74) is 5.00. The van der Waals surface area contributed by atoms with Crippen molar-refractivity contribution >= 4 is 23.9 Å². The van der Waals surface area contributed by atoms with E-state index in [-0.39, 0.29) is 35.7 Å². The Morgan fingerprint density at radius 2 is 1.25 bits per heavy atom. The molecule has 40 heavy (non-hydrogen) atoms. The van der Waals surface area contributed by atoms with Crippen LogP contribution in [0.1, 0.15) is 101 Å². The maximum absolute atomic E-state index is 12.8. The van der Waals surface area contributed by atoms with Crippen molar-refractivity contribution in [2.24, 2.45) is 22.0 Å². The first kappa shape index (κ1) is 35.1. The third kappa shape index (κ3) is 10.9. The Morgan fingerprint density at radius 1 is 0.775 bits per heavy atom. The number of carbonyl (C=O) groups excluding carboxylic acids is 4. The van der Waals surface area contributed by atoms with Gasteiger partial charge in [0, 0.05) is 0 Å². The predicted octanol–water partition coefficient (Wildman–Crippen LogP) is 5.54. The number of carbonyl (C=O) groups is 4. The molecule has 1 aromatic carbocycles. The van der Waals surface area contributed by atoms with Crippen molar-refractivity contribution in [1.29, 1.82) is 0 Å². The maximum atomic E-state index is 12.8. The van der Waals surface area contributed by atoms with Gasteiger partial charge in [0.2, 0.25) is 0 Å². The Kier molecular flexibility index (Phi) is 12.4. The number of ether oxygens (including phenoxy) is 4. The minimum Gasteiger partial charge on any atom is -0.459 e. The van der Waals surface area contributed by atoms with Crippen LogP contribution in [0.25, 0.3) is 0 Å². The molecular weight excluding hydrogens is 514 g/mol. The number of hydrogen-bond donors (Lipinski definition) is 1. The van der Waals surface area contributed by atoms with E-state index in [2.05, 4.69) is 0 Å². The molecule has 0 bridgehead atoms. The molecule has 0 aliphatic heterocycles. The lowest BCUT2D eigenvalue weighted by Gasteiger charge is -2.25. The van der Waals surface area contributed by atoms with Crippen LogP contribution in [0.4, 0.5) is 0 Å². The Hall–Kier alpha value is -2.94. The van der Waals surface area contributed by atoms with Gasteiger partial charge in [-0.1, -0.05) is 40.7 Å². The highest BCUT2D eigenvalue weighted by molar-refractivity contribution is 5.81. The molecular formula is C31H49NO8. The van der Waals surface area contributed by atoms with E-state index in [1.165, 1.54) is 6.07 Å². The molecule has 1 rings (SSSR count). The van der Waals surface area contributed by atoms with Gasteiger partial charge in [-0.3, -0.25) is 19.2 Å². The van der Waals surface area contributed by atoms with Crippen LogP contribution in [-0.2, 0) is 35.1 Å². The average molecular weight is 564 g/mol. The van der Waals surface area contributed by atoms with Crippen LogP contribution in [-0.4, -0.2) is 42.1 Å². The summed E-state index contributed by atoms with van der Waals surface area (Å²) in [6, 6.07) is 3.68. The summed E-state index contributed by atoms with van der Waals surface area (Å²) in [5, 5.41) is 0. The summed E-state index contributed by atoms with van der Waals surface area (Å²) in [6.45, 7) is 19.9. The van der Waals surface area contributed by atoms with Crippen LogP contribution in [0.3, 0.4) is 0 Å². The second-order valence-corrected chi connectivity index (χ2v) is 12.9. The number of rotatable bonds is 13. The molecule has 0 saturated carbocycles. The van der Waals surface area contributed by atoms with Crippen molar-refractivity contribution in [3.05, 3.63) is 23.8 Å². The molecule has 9 nitrogen and oxygen atoms in total. The number of hydrogen-bond acceptors (Lipinski definition) is 9. The zero-order valence-corrected chi connectivity index (χ0v) is 26.1. The molecule has 3 atom stereocenters. The fourth-order valence-corrected chi connectivity index (χ4v) is 3.09. The van der Waals surface area contributed by atoms with Gasteiger partial charge in [-0.05, 0) is 83.9 Å². The van der Waals surface area contributed by atoms with Crippen LogP contribution in [0, 0.1) is 16.2 Å². The molecule has 0 amide bonds. The van der Waals surface area contributed by atoms with Gasteiger partial charge < -0.3 is 24.7 Å². The van der Waals surface area contributed by atoms with Crippen molar-refractivity contribution < 1.29 is 38.1 Å². The largest absolute Gasteiger partial charge is 0.459 e. The predicted molar refractivity (Wildman–Crippen MR) is 153 cm³/mol. The molecule has 0 fully saturated rings. The summed E-state index contributed by atoms with van der Waals surface area (Å²) in [7, 11) is 0. The fourth-order valence-electron chi connectivity index (χ4n) is 3.09. The van der Waals surface area contributed by atoms with E-state index in [4.69, 9.17) is 24.7 Å². The number of esters is 4. The maximum Gasteiger partial charge on any atom is 0.323 e. The second-order valence-electron chi connectivity index (χ2n) is 12.9. The van der Waals surface area contributed by atoms with Crippen molar-refractivity contribution in [2.75, 3.05) is 0 Å². The standard InChI is InChI=1S/C31H49NO8/c1-12-30(8,9)27(35)39-23-15-14-21(17-24(23)40-28(36)31(10,11)13-2)16-22(32)26(34)38-20(4)19(3)37-25(33)18-29(5,6)7/h14-15,17,19-20,22H,12-13,16,18,32H2,1-11H3/t19?,20-,22-/m0/s1. The van der Waals surface area contributed by atoms with Crippen LogP contribution in [0.2, 0.25) is 0 Å². The van der Waals surface area contributed by atoms with Gasteiger partial charge in [0.25, 0.3) is 0 Å². The van der Waals surface area contributed by atoms with E-state index < -0.39 is 47.0 Å². The molecule has 226 valence electrons. The van der Waals surface area contributed by atoms with Crippen molar-refractivity contribution in [3.63, 3.8) is 0 Å². The first-order valence-electron chi connectivity index (χ1n) is 14.0. The summed E-state index contributed by atoms with van der Waals surface area (Å²) in [5.74, 6) is -1.81. The molecule has 0 spiro atoms. The van der Waals surface area contributed by atoms with Crippen LogP contribution >= 0.6 is 0 Å². The number of benzene rings is 1. The lowest BCUT2D eigenvalue weighted by molar-refractivity contribution is -0.167. The molecule has 1 unspecified atom stereocenters. The summed E-state index contributed by atoms with van der Waals surface area (Å²) in [4.78, 5) is 50.4. The normalized spacial score (nSPS) is 14.5. The third-order valence-electron chi connectivity index (χ3n) is 7.00. The molecule has 2 N–H and O–H groups in total. The minimum atomic E-state index is -1.04. The van der Waals surface area contributed by atoms with Gasteiger partial charge in [-0.15, -0.1) is 0 Å². The van der Waals surface area contributed by atoms with Crippen LogP contribution < -0.4 is 15.2 Å². The SMILES string of the molecule is CCC(C)(C)C(=O)Oc1ccc(C[C@H](N)C(=O)O[C@@H](C)C(C)OC(=O)CC(C)(C)C)cc1OC(=O)C(C)(C)CC. The van der Waals surface area contributed by atoms with Gasteiger partial charge in [0.15, 0.2) is 11.5 Å². The molecule has 0 heterocycles. The monoisotopic (exact) mass is 563 g/mol. The highest BCUT2D eigenvalue weighted by atomic mass is 16.6. The van der Waals surface area contributed by atoms with E-state index >= 15 is 0 Å². The van der Waals surface area contributed by atoms with Gasteiger partial charge in [-0.25, -0.2) is 0 Å². The zero-order valence-electron chi connectivity index (χ0n) is 26.1. The lowest BCUT2D eigenvalue weighted by atomic mass is 9.90. The Morgan fingerprint density at radius 3 is 1.73 bits per heavy atom. The summed E-state index contributed by atoms with van der Waals surface area (Å²) < 4.78 is 22.2. The summed E-state index contributed by atoms with van der Waals surface area (Å²) in [6.07, 6.45) is 0.0502. The Labute approximate surface area is 239 Å². The van der Waals surface area contributed by atoms with E-state index in [9.17, 15) is 19.2 Å². The van der Waals surface area contributed by atoms with Crippen LogP contribution in [0.15, 0.2) is 18.2 Å². The molecule has 0 aliphatic carbocycles. The molecule has 1 aromatic rings. The van der Waals surface area contributed by atoms with E-state index in [1.807, 2.05) is 34.6 Å². The van der Waals surface area contributed by atoms with Crippen LogP contribution in [0.5, 0.6) is 11.5 Å². The smallest absolute Gasteiger partial charge is 0.323 e. The second kappa shape index (κ2) is 14.1. The Bertz CT molecular complexity index is 1050. The minimum absolute atomic E-state index is 0.0672. The third-order valence-corrected chi connectivity index (χ3v) is 7.00. The molecule has 9 heteroatoms. The molecule has 0 radical (unpaired) electrons. The molecule has 0 aromatic heterocycles. The molecule has 0 aliphatic rings. The highest BCUT2D eigenvalue weighted by Crippen LogP contribution is 2.34.